The molecule has 166 valence electrons. The number of nitrogens with zero attached hydrogens (tertiary/aromatic N) is 7. The Labute approximate surface area is 177 Å². The van der Waals surface area contributed by atoms with Crippen molar-refractivity contribution in [2.75, 3.05) is 24.6 Å². The van der Waals surface area contributed by atoms with Crippen LogP contribution in [0, 0.1) is 5.92 Å². The van der Waals surface area contributed by atoms with Crippen LogP contribution < -0.4 is 9.64 Å². The molecule has 4 heterocycles. The summed E-state index contributed by atoms with van der Waals surface area (Å²) < 4.78 is 45.8. The Kier molecular flexibility index (Phi) is 5.44. The van der Waals surface area contributed by atoms with Crippen molar-refractivity contribution in [2.24, 2.45) is 5.92 Å². The lowest BCUT2D eigenvalue weighted by atomic mass is 9.92. The van der Waals surface area contributed by atoms with Crippen LogP contribution in [0.4, 0.5) is 19.0 Å². The van der Waals surface area contributed by atoms with Gasteiger partial charge in [0.25, 0.3) is 5.82 Å². The van der Waals surface area contributed by atoms with Gasteiger partial charge in [-0.25, -0.2) is 0 Å². The first-order valence-electron chi connectivity index (χ1n) is 10.1. The number of halogens is 3. The second-order valence-electron chi connectivity index (χ2n) is 8.73. The van der Waals surface area contributed by atoms with Crippen LogP contribution in [0.5, 0.6) is 5.88 Å². The molecule has 4 rings (SSSR count). The predicted octanol–water partition coefficient (Wildman–Crippen LogP) is 3.53. The quantitative estimate of drug-likeness (QED) is 0.620. The van der Waals surface area contributed by atoms with E-state index in [0.29, 0.717) is 37.3 Å². The summed E-state index contributed by atoms with van der Waals surface area (Å²) in [6, 6.07) is 6.93. The zero-order chi connectivity index (χ0) is 22.2. The van der Waals surface area contributed by atoms with Crippen molar-refractivity contribution in [3.8, 4) is 5.88 Å². The molecule has 0 radical (unpaired) electrons. The molecular weight excluding hydrogens is 411 g/mol. The SMILES string of the molecule is CC(C)(C)c1ccc(OCC2CCN(c3ccc4nnc(C(F)(F)F)n4n3)CC2)nn1. The van der Waals surface area contributed by atoms with Crippen molar-refractivity contribution in [3.05, 3.63) is 35.8 Å². The number of aromatic nitrogens is 6. The van der Waals surface area contributed by atoms with Gasteiger partial charge in [-0.3, -0.25) is 0 Å². The third-order valence-corrected chi connectivity index (χ3v) is 5.32. The molecule has 11 heteroatoms. The Balaban J connectivity index is 1.34. The molecular formula is C20H24F3N7O. The highest BCUT2D eigenvalue weighted by Gasteiger charge is 2.38. The van der Waals surface area contributed by atoms with E-state index >= 15 is 0 Å². The van der Waals surface area contributed by atoms with Crippen molar-refractivity contribution in [3.63, 3.8) is 0 Å². The number of hydrogen-bond acceptors (Lipinski definition) is 7. The van der Waals surface area contributed by atoms with Gasteiger partial charge >= 0.3 is 6.18 Å². The molecule has 0 bridgehead atoms. The minimum Gasteiger partial charge on any atom is -0.476 e. The van der Waals surface area contributed by atoms with Gasteiger partial charge in [-0.1, -0.05) is 20.8 Å². The van der Waals surface area contributed by atoms with E-state index in [1.54, 1.807) is 6.07 Å². The lowest BCUT2D eigenvalue weighted by Gasteiger charge is -2.32. The van der Waals surface area contributed by atoms with Crippen molar-refractivity contribution in [1.82, 2.24) is 30.0 Å². The van der Waals surface area contributed by atoms with Crippen LogP contribution in [0.15, 0.2) is 24.3 Å². The number of ether oxygens (including phenoxy) is 1. The molecule has 1 aliphatic heterocycles. The normalized spacial score (nSPS) is 16.1. The van der Waals surface area contributed by atoms with Crippen LogP contribution in [-0.2, 0) is 11.6 Å². The van der Waals surface area contributed by atoms with E-state index in [1.165, 1.54) is 6.07 Å². The van der Waals surface area contributed by atoms with Gasteiger partial charge in [0, 0.05) is 24.6 Å². The zero-order valence-corrected chi connectivity index (χ0v) is 17.6. The maximum absolute atomic E-state index is 13.1. The highest BCUT2D eigenvalue weighted by atomic mass is 19.4. The fourth-order valence-corrected chi connectivity index (χ4v) is 3.45. The van der Waals surface area contributed by atoms with E-state index in [-0.39, 0.29) is 11.1 Å². The zero-order valence-electron chi connectivity index (χ0n) is 17.6. The fraction of sp³-hybridized carbons (Fsp3) is 0.550. The lowest BCUT2D eigenvalue weighted by Crippen LogP contribution is -2.36. The molecule has 0 aromatic carbocycles. The van der Waals surface area contributed by atoms with Gasteiger partial charge in [0.1, 0.15) is 5.82 Å². The molecule has 1 saturated heterocycles. The number of fused-ring (bicyclic) bond motifs is 1. The van der Waals surface area contributed by atoms with Crippen LogP contribution in [0.25, 0.3) is 5.65 Å². The van der Waals surface area contributed by atoms with Crippen molar-refractivity contribution in [2.45, 2.75) is 45.2 Å². The molecule has 1 fully saturated rings. The predicted molar refractivity (Wildman–Crippen MR) is 107 cm³/mol. The Hall–Kier alpha value is -2.98. The summed E-state index contributed by atoms with van der Waals surface area (Å²) in [6.45, 7) is 8.09. The van der Waals surface area contributed by atoms with Gasteiger partial charge in [0.2, 0.25) is 5.88 Å². The largest absolute Gasteiger partial charge is 0.476 e. The number of rotatable bonds is 4. The van der Waals surface area contributed by atoms with Gasteiger partial charge < -0.3 is 9.64 Å². The van der Waals surface area contributed by atoms with Crippen LogP contribution in [-0.4, -0.2) is 49.7 Å². The summed E-state index contributed by atoms with van der Waals surface area (Å²) in [5, 5.41) is 19.2. The first kappa shape index (κ1) is 21.3. The number of piperidine rings is 1. The highest BCUT2D eigenvalue weighted by Crippen LogP contribution is 2.29. The maximum Gasteiger partial charge on any atom is 0.453 e. The summed E-state index contributed by atoms with van der Waals surface area (Å²) in [5.41, 5.74) is 0.903. The Bertz CT molecular complexity index is 1040. The van der Waals surface area contributed by atoms with Gasteiger partial charge in [0.05, 0.1) is 12.3 Å². The topological polar surface area (TPSA) is 81.3 Å². The van der Waals surface area contributed by atoms with Gasteiger partial charge in [-0.05, 0) is 37.0 Å². The molecule has 0 spiro atoms. The van der Waals surface area contributed by atoms with Crippen molar-refractivity contribution in [1.29, 1.82) is 0 Å². The van der Waals surface area contributed by atoms with Gasteiger partial charge in [-0.2, -0.15) is 22.8 Å². The molecule has 0 N–H and O–H groups in total. The van der Waals surface area contributed by atoms with E-state index in [2.05, 4.69) is 46.3 Å². The van der Waals surface area contributed by atoms with E-state index in [1.807, 2.05) is 17.0 Å². The van der Waals surface area contributed by atoms with Crippen molar-refractivity contribution < 1.29 is 17.9 Å². The first-order chi connectivity index (χ1) is 14.6. The van der Waals surface area contributed by atoms with E-state index in [4.69, 9.17) is 4.74 Å². The molecule has 8 nitrogen and oxygen atoms in total. The summed E-state index contributed by atoms with van der Waals surface area (Å²) in [7, 11) is 0. The summed E-state index contributed by atoms with van der Waals surface area (Å²) in [6.07, 6.45) is -2.94. The van der Waals surface area contributed by atoms with E-state index < -0.39 is 12.0 Å². The Morgan fingerprint density at radius 3 is 2.32 bits per heavy atom. The molecule has 0 atom stereocenters. The van der Waals surface area contributed by atoms with Crippen LogP contribution in [0.2, 0.25) is 0 Å². The summed E-state index contributed by atoms with van der Waals surface area (Å²) in [5.74, 6) is 0.173. The van der Waals surface area contributed by atoms with Crippen LogP contribution in [0.1, 0.15) is 45.1 Å². The average molecular weight is 435 g/mol. The minimum absolute atomic E-state index is 0.0664. The summed E-state index contributed by atoms with van der Waals surface area (Å²) >= 11 is 0. The molecule has 3 aromatic heterocycles. The second-order valence-corrected chi connectivity index (χ2v) is 8.73. The van der Waals surface area contributed by atoms with Crippen LogP contribution in [0.3, 0.4) is 0 Å². The van der Waals surface area contributed by atoms with E-state index in [9.17, 15) is 13.2 Å². The molecule has 0 amide bonds. The Morgan fingerprint density at radius 1 is 0.968 bits per heavy atom. The molecule has 1 aliphatic rings. The first-order valence-corrected chi connectivity index (χ1v) is 10.1. The van der Waals surface area contributed by atoms with Gasteiger partial charge in [0.15, 0.2) is 5.65 Å². The molecule has 0 saturated carbocycles. The fourth-order valence-electron chi connectivity index (χ4n) is 3.45. The molecule has 3 aromatic rings. The Morgan fingerprint density at radius 2 is 1.71 bits per heavy atom. The van der Waals surface area contributed by atoms with Gasteiger partial charge in [-0.15, -0.1) is 20.4 Å². The molecule has 0 unspecified atom stereocenters. The monoisotopic (exact) mass is 435 g/mol. The van der Waals surface area contributed by atoms with E-state index in [0.717, 1.165) is 23.1 Å². The average Bonchev–Trinajstić information content (AvgIpc) is 3.16. The standard InChI is InChI=1S/C20H24F3N7O/c1-19(2,3)14-4-7-17(26-24-14)31-12-13-8-10-29(11-9-13)16-6-5-15-25-27-18(20(21,22)23)30(15)28-16/h4-7,13H,8-12H2,1-3H3. The smallest absolute Gasteiger partial charge is 0.453 e. The van der Waals surface area contributed by atoms with Crippen molar-refractivity contribution >= 4 is 11.5 Å². The second kappa shape index (κ2) is 7.93. The van der Waals surface area contributed by atoms with Crippen LogP contribution >= 0.6 is 0 Å². The molecule has 31 heavy (non-hydrogen) atoms. The third-order valence-electron chi connectivity index (χ3n) is 5.32. The minimum atomic E-state index is -4.61. The number of hydrogen-bond donors (Lipinski definition) is 0. The number of alkyl halides is 3. The summed E-state index contributed by atoms with van der Waals surface area (Å²) in [4.78, 5) is 1.97. The third kappa shape index (κ3) is 4.70. The number of anilines is 1. The lowest BCUT2D eigenvalue weighted by molar-refractivity contribution is -0.146. The highest BCUT2D eigenvalue weighted by molar-refractivity contribution is 5.46. The molecule has 0 aliphatic carbocycles. The maximum atomic E-state index is 13.1.